The van der Waals surface area contributed by atoms with Crippen LogP contribution >= 0.6 is 0 Å². The fourth-order valence-corrected chi connectivity index (χ4v) is 3.99. The van der Waals surface area contributed by atoms with Gasteiger partial charge in [0.15, 0.2) is 12.3 Å². The SMILES string of the molecule is Cc1cc(OS(=O)(=O)[O-])c2c(-c3ccc(O)cc3)[n+]3n(c2c1)CCCC3. The zero-order valence-corrected chi connectivity index (χ0v) is 15.0. The molecule has 1 aliphatic heterocycles. The van der Waals surface area contributed by atoms with Crippen molar-refractivity contribution < 1.29 is 26.9 Å². The van der Waals surface area contributed by atoms with Gasteiger partial charge in [0, 0.05) is 12.0 Å². The highest BCUT2D eigenvalue weighted by atomic mass is 32.3. The summed E-state index contributed by atoms with van der Waals surface area (Å²) in [5.41, 5.74) is 3.22. The number of hydrogen-bond acceptors (Lipinski definition) is 5. The topological polar surface area (TPSA) is 95.5 Å². The van der Waals surface area contributed by atoms with E-state index < -0.39 is 10.4 Å². The molecule has 0 bridgehead atoms. The van der Waals surface area contributed by atoms with E-state index in [4.69, 9.17) is 4.18 Å². The van der Waals surface area contributed by atoms with E-state index in [1.54, 1.807) is 30.3 Å². The highest BCUT2D eigenvalue weighted by Gasteiger charge is 2.31. The number of phenolic OH excluding ortho intramolecular Hbond substituents is 1. The number of rotatable bonds is 3. The summed E-state index contributed by atoms with van der Waals surface area (Å²) in [4.78, 5) is 0. The van der Waals surface area contributed by atoms with E-state index in [9.17, 15) is 18.1 Å². The molecular weight excluding hydrogens is 356 g/mol. The van der Waals surface area contributed by atoms with Crippen LogP contribution in [-0.4, -0.2) is 22.8 Å². The van der Waals surface area contributed by atoms with E-state index in [1.807, 2.05) is 13.0 Å². The molecular formula is C18H18N2O5S. The Morgan fingerprint density at radius 2 is 1.92 bits per heavy atom. The monoisotopic (exact) mass is 374 g/mol. The third-order valence-electron chi connectivity index (χ3n) is 4.61. The molecule has 8 heteroatoms. The van der Waals surface area contributed by atoms with Crippen molar-refractivity contribution in [3.63, 3.8) is 0 Å². The highest BCUT2D eigenvalue weighted by molar-refractivity contribution is 7.81. The molecule has 7 nitrogen and oxygen atoms in total. The van der Waals surface area contributed by atoms with E-state index in [-0.39, 0.29) is 11.5 Å². The first-order chi connectivity index (χ1) is 12.3. The van der Waals surface area contributed by atoms with E-state index >= 15 is 0 Å². The number of aryl methyl sites for hydroxylation is 2. The van der Waals surface area contributed by atoms with Gasteiger partial charge >= 0.3 is 0 Å². The summed E-state index contributed by atoms with van der Waals surface area (Å²) in [6.45, 7) is 3.40. The minimum absolute atomic E-state index is 0.0347. The van der Waals surface area contributed by atoms with Gasteiger partial charge in [-0.1, -0.05) is 0 Å². The molecule has 0 spiro atoms. The van der Waals surface area contributed by atoms with Crippen molar-refractivity contribution in [2.75, 3.05) is 0 Å². The Bertz CT molecular complexity index is 1100. The molecule has 1 aromatic heterocycles. The van der Waals surface area contributed by atoms with Gasteiger partial charge in [0.05, 0.1) is 6.54 Å². The van der Waals surface area contributed by atoms with E-state index in [0.29, 0.717) is 5.39 Å². The third kappa shape index (κ3) is 2.91. The Hall–Kier alpha value is -2.58. The first kappa shape index (κ1) is 16.9. The lowest BCUT2D eigenvalue weighted by molar-refractivity contribution is -0.770. The fourth-order valence-electron chi connectivity index (χ4n) is 3.64. The molecule has 1 aliphatic rings. The molecule has 0 radical (unpaired) electrons. The Morgan fingerprint density at radius 3 is 2.62 bits per heavy atom. The van der Waals surface area contributed by atoms with Crippen molar-refractivity contribution >= 4 is 21.3 Å². The minimum atomic E-state index is -4.90. The maximum atomic E-state index is 11.3. The summed E-state index contributed by atoms with van der Waals surface area (Å²) in [6.07, 6.45) is 2.02. The van der Waals surface area contributed by atoms with Gasteiger partial charge < -0.3 is 13.8 Å². The van der Waals surface area contributed by atoms with Crippen LogP contribution in [0, 0.1) is 6.92 Å². The van der Waals surface area contributed by atoms with Gasteiger partial charge in [-0.05, 0) is 55.3 Å². The molecule has 0 saturated heterocycles. The summed E-state index contributed by atoms with van der Waals surface area (Å²) < 4.78 is 42.8. The molecule has 0 amide bonds. The van der Waals surface area contributed by atoms with Gasteiger partial charge in [0.25, 0.3) is 10.4 Å². The minimum Gasteiger partial charge on any atom is -0.716 e. The number of fused-ring (bicyclic) bond motifs is 3. The van der Waals surface area contributed by atoms with Crippen molar-refractivity contribution in [1.29, 1.82) is 0 Å². The van der Waals surface area contributed by atoms with E-state index in [2.05, 4.69) is 9.36 Å². The summed E-state index contributed by atoms with van der Waals surface area (Å²) in [5, 5.41) is 10.2. The van der Waals surface area contributed by atoms with E-state index in [0.717, 1.165) is 48.3 Å². The lowest BCUT2D eigenvalue weighted by atomic mass is 10.0. The van der Waals surface area contributed by atoms with Crippen molar-refractivity contribution in [1.82, 2.24) is 4.68 Å². The number of aromatic nitrogens is 2. The van der Waals surface area contributed by atoms with Crippen LogP contribution in [0.1, 0.15) is 18.4 Å². The van der Waals surface area contributed by atoms with Crippen molar-refractivity contribution in [3.05, 3.63) is 42.0 Å². The molecule has 0 fully saturated rings. The summed E-state index contributed by atoms with van der Waals surface area (Å²) in [6, 6.07) is 10.2. The molecule has 3 aromatic rings. The van der Waals surface area contributed by atoms with Crippen molar-refractivity contribution in [2.45, 2.75) is 32.9 Å². The van der Waals surface area contributed by atoms with Gasteiger partial charge in [-0.25, -0.2) is 8.42 Å². The second-order valence-electron chi connectivity index (χ2n) is 6.50. The Balaban J connectivity index is 2.10. The normalized spacial score (nSPS) is 14.4. The Kier molecular flexibility index (Phi) is 3.89. The number of hydrogen-bond donors (Lipinski definition) is 1. The average Bonchev–Trinajstić information content (AvgIpc) is 2.89. The summed E-state index contributed by atoms with van der Waals surface area (Å²) in [7, 11) is -4.90. The van der Waals surface area contributed by atoms with Gasteiger partial charge in [-0.3, -0.25) is 0 Å². The lowest BCUT2D eigenvalue weighted by Crippen LogP contribution is -2.47. The molecule has 0 atom stereocenters. The quantitative estimate of drug-likeness (QED) is 0.431. The van der Waals surface area contributed by atoms with Crippen LogP contribution < -0.4 is 8.86 Å². The zero-order valence-electron chi connectivity index (χ0n) is 14.2. The number of nitrogens with zero attached hydrogens (tertiary/aromatic N) is 2. The summed E-state index contributed by atoms with van der Waals surface area (Å²) in [5.74, 6) is 0.179. The number of aromatic hydroxyl groups is 1. The lowest BCUT2D eigenvalue weighted by Gasteiger charge is -2.11. The van der Waals surface area contributed by atoms with E-state index in [1.165, 1.54) is 0 Å². The average molecular weight is 374 g/mol. The standard InChI is InChI=1S/C18H18N2O5S/c1-12-10-15-17(16(11-12)25-26(22,23)24)18(13-4-6-14(21)7-5-13)20-9-3-2-8-19(15)20/h4-7,10-11H,2-3,8-9H2,1H3,(H,22,23,24). The van der Waals surface area contributed by atoms with Gasteiger partial charge in [-0.2, -0.15) is 4.68 Å². The van der Waals surface area contributed by atoms with Crippen LogP contribution in [0.2, 0.25) is 0 Å². The molecule has 136 valence electrons. The maximum absolute atomic E-state index is 11.3. The van der Waals surface area contributed by atoms with Gasteiger partial charge in [0.1, 0.15) is 16.7 Å². The predicted octanol–water partition coefficient (Wildman–Crippen LogP) is 2.24. The third-order valence-corrected chi connectivity index (χ3v) is 5.00. The van der Waals surface area contributed by atoms with Crippen LogP contribution in [0.15, 0.2) is 36.4 Å². The van der Waals surface area contributed by atoms with Gasteiger partial charge in [0.2, 0.25) is 5.69 Å². The molecule has 2 heterocycles. The fraction of sp³-hybridized carbons (Fsp3) is 0.278. The van der Waals surface area contributed by atoms with Gasteiger partial charge in [-0.15, -0.1) is 4.68 Å². The molecule has 0 unspecified atom stereocenters. The van der Waals surface area contributed by atoms with Crippen molar-refractivity contribution in [3.8, 4) is 22.8 Å². The van der Waals surface area contributed by atoms with Crippen LogP contribution in [0.3, 0.4) is 0 Å². The smallest absolute Gasteiger partial charge is 0.262 e. The molecule has 1 N–H and O–H groups in total. The zero-order chi connectivity index (χ0) is 18.5. The molecule has 0 aliphatic carbocycles. The predicted molar refractivity (Wildman–Crippen MR) is 93.5 cm³/mol. The molecule has 26 heavy (non-hydrogen) atoms. The van der Waals surface area contributed by atoms with Crippen LogP contribution in [0.5, 0.6) is 11.5 Å². The van der Waals surface area contributed by atoms with Crippen LogP contribution in [0.4, 0.5) is 0 Å². The first-order valence-electron chi connectivity index (χ1n) is 8.35. The van der Waals surface area contributed by atoms with Crippen LogP contribution in [0.25, 0.3) is 22.2 Å². The Labute approximate surface area is 151 Å². The molecule has 4 rings (SSSR count). The molecule has 2 aromatic carbocycles. The largest absolute Gasteiger partial charge is 0.716 e. The highest BCUT2D eigenvalue weighted by Crippen LogP contribution is 2.37. The summed E-state index contributed by atoms with van der Waals surface area (Å²) >= 11 is 0. The molecule has 0 saturated carbocycles. The Morgan fingerprint density at radius 1 is 1.19 bits per heavy atom. The second kappa shape index (κ2) is 6.00. The number of phenols is 1. The second-order valence-corrected chi connectivity index (χ2v) is 7.48. The van der Waals surface area contributed by atoms with Crippen molar-refractivity contribution in [2.24, 2.45) is 0 Å². The van der Waals surface area contributed by atoms with Crippen LogP contribution in [-0.2, 0) is 23.5 Å². The maximum Gasteiger partial charge on any atom is 0.262 e. The first-order valence-corrected chi connectivity index (χ1v) is 9.68. The number of benzene rings is 2.